The summed E-state index contributed by atoms with van der Waals surface area (Å²) < 4.78 is 3.35. The molecule has 4 rings (SSSR count). The molecule has 1 aromatic carbocycles. The molecule has 1 aliphatic heterocycles. The van der Waals surface area contributed by atoms with E-state index < -0.39 is 0 Å². The molecule has 0 atom stereocenters. The molecule has 6 heteroatoms. The Morgan fingerprint density at radius 1 is 1.17 bits per heavy atom. The highest BCUT2D eigenvalue weighted by Gasteiger charge is 2.14. The Labute approximate surface area is 133 Å². The molecule has 2 aromatic heterocycles. The Morgan fingerprint density at radius 2 is 2.04 bits per heavy atom. The summed E-state index contributed by atoms with van der Waals surface area (Å²) in [6, 6.07) is 9.89. The van der Waals surface area contributed by atoms with Gasteiger partial charge < -0.3 is 5.32 Å². The van der Waals surface area contributed by atoms with Gasteiger partial charge in [-0.1, -0.05) is 12.1 Å². The van der Waals surface area contributed by atoms with Gasteiger partial charge in [0.15, 0.2) is 0 Å². The highest BCUT2D eigenvalue weighted by Crippen LogP contribution is 2.11. The van der Waals surface area contributed by atoms with E-state index in [1.165, 1.54) is 0 Å². The Balaban J connectivity index is 1.60. The quantitative estimate of drug-likeness (QED) is 0.787. The van der Waals surface area contributed by atoms with Crippen molar-refractivity contribution in [3.63, 3.8) is 0 Å². The maximum atomic E-state index is 12.5. The van der Waals surface area contributed by atoms with Crippen molar-refractivity contribution >= 4 is 0 Å². The minimum absolute atomic E-state index is 0.0279. The fourth-order valence-corrected chi connectivity index (χ4v) is 2.88. The van der Waals surface area contributed by atoms with Crippen LogP contribution in [0.15, 0.2) is 53.7 Å². The topological polar surface area (TPSA) is 64.7 Å². The third kappa shape index (κ3) is 2.68. The fourth-order valence-electron chi connectivity index (χ4n) is 2.88. The number of aromatic nitrogens is 4. The predicted octanol–water partition coefficient (Wildman–Crippen LogP) is 1.12. The number of rotatable bonds is 3. The number of hydrogen-bond acceptors (Lipinski definition) is 4. The van der Waals surface area contributed by atoms with E-state index in [4.69, 9.17) is 0 Å². The van der Waals surface area contributed by atoms with Crippen LogP contribution in [0, 0.1) is 0 Å². The van der Waals surface area contributed by atoms with Gasteiger partial charge in [-0.2, -0.15) is 10.2 Å². The predicted molar refractivity (Wildman–Crippen MR) is 86.6 cm³/mol. The lowest BCUT2D eigenvalue weighted by Crippen LogP contribution is -2.34. The standard InChI is InChI=1S/C17H17N5O/c23-17-16-6-8-18-10-14(16)11-20-22(17)12-13-2-4-15(5-3-13)21-9-1-7-19-21/h1-5,7,9,11,18H,6,8,10,12H2. The van der Waals surface area contributed by atoms with Gasteiger partial charge >= 0.3 is 0 Å². The normalized spacial score (nSPS) is 13.7. The second-order valence-electron chi connectivity index (χ2n) is 5.66. The largest absolute Gasteiger partial charge is 0.312 e. The smallest absolute Gasteiger partial charge is 0.270 e. The second kappa shape index (κ2) is 5.81. The summed E-state index contributed by atoms with van der Waals surface area (Å²) in [5.74, 6) is 0. The molecule has 0 saturated heterocycles. The van der Waals surface area contributed by atoms with E-state index in [-0.39, 0.29) is 5.56 Å². The summed E-state index contributed by atoms with van der Waals surface area (Å²) in [5.41, 5.74) is 3.98. The Kier molecular flexibility index (Phi) is 3.51. The zero-order chi connectivity index (χ0) is 15.6. The Bertz CT molecular complexity index is 865. The molecule has 23 heavy (non-hydrogen) atoms. The first-order valence-electron chi connectivity index (χ1n) is 7.69. The SMILES string of the molecule is O=c1c2c(cnn1Cc1ccc(-n3cccn3)cc1)CNCC2. The van der Waals surface area contributed by atoms with Gasteiger partial charge in [-0.25, -0.2) is 9.36 Å². The molecule has 116 valence electrons. The van der Waals surface area contributed by atoms with E-state index in [1.807, 2.05) is 36.5 Å². The van der Waals surface area contributed by atoms with Crippen LogP contribution in [-0.2, 0) is 19.5 Å². The van der Waals surface area contributed by atoms with Gasteiger partial charge in [0.05, 0.1) is 18.4 Å². The molecular formula is C17H17N5O. The van der Waals surface area contributed by atoms with Gasteiger partial charge in [-0.15, -0.1) is 0 Å². The number of fused-ring (bicyclic) bond motifs is 1. The zero-order valence-corrected chi connectivity index (χ0v) is 12.6. The van der Waals surface area contributed by atoms with Crippen LogP contribution in [0.5, 0.6) is 0 Å². The van der Waals surface area contributed by atoms with Gasteiger partial charge in [0.1, 0.15) is 0 Å². The Morgan fingerprint density at radius 3 is 2.83 bits per heavy atom. The van der Waals surface area contributed by atoms with Gasteiger partial charge in [-0.05, 0) is 42.3 Å². The van der Waals surface area contributed by atoms with Crippen LogP contribution >= 0.6 is 0 Å². The maximum absolute atomic E-state index is 12.5. The molecule has 0 radical (unpaired) electrons. The summed E-state index contributed by atoms with van der Waals surface area (Å²) in [7, 11) is 0. The van der Waals surface area contributed by atoms with Crippen molar-refractivity contribution in [2.24, 2.45) is 0 Å². The van der Waals surface area contributed by atoms with Crippen LogP contribution in [0.3, 0.4) is 0 Å². The highest BCUT2D eigenvalue weighted by atomic mass is 16.1. The lowest BCUT2D eigenvalue weighted by Gasteiger charge is -2.17. The minimum atomic E-state index is 0.0279. The monoisotopic (exact) mass is 307 g/mol. The summed E-state index contributed by atoms with van der Waals surface area (Å²) in [5, 5.41) is 11.8. The zero-order valence-electron chi connectivity index (χ0n) is 12.6. The van der Waals surface area contributed by atoms with Gasteiger partial charge in [0, 0.05) is 24.5 Å². The number of hydrogen-bond donors (Lipinski definition) is 1. The third-order valence-corrected chi connectivity index (χ3v) is 4.14. The Hall–Kier alpha value is -2.73. The van der Waals surface area contributed by atoms with Crippen LogP contribution < -0.4 is 10.9 Å². The minimum Gasteiger partial charge on any atom is -0.312 e. The first kappa shape index (κ1) is 13.9. The molecule has 0 fully saturated rings. The first-order chi connectivity index (χ1) is 11.3. The molecule has 0 aliphatic carbocycles. The van der Waals surface area contributed by atoms with Crippen LogP contribution in [0.2, 0.25) is 0 Å². The molecule has 6 nitrogen and oxygen atoms in total. The molecule has 3 aromatic rings. The number of benzene rings is 1. The molecule has 1 N–H and O–H groups in total. The molecule has 0 unspecified atom stereocenters. The number of nitrogens with zero attached hydrogens (tertiary/aromatic N) is 4. The molecule has 3 heterocycles. The second-order valence-corrected chi connectivity index (χ2v) is 5.66. The summed E-state index contributed by atoms with van der Waals surface area (Å²) >= 11 is 0. The van der Waals surface area contributed by atoms with Crippen LogP contribution in [0.4, 0.5) is 0 Å². The van der Waals surface area contributed by atoms with E-state index in [2.05, 4.69) is 15.5 Å². The van der Waals surface area contributed by atoms with Gasteiger partial charge in [0.2, 0.25) is 0 Å². The molecule has 0 saturated carbocycles. The van der Waals surface area contributed by atoms with E-state index in [1.54, 1.807) is 21.8 Å². The van der Waals surface area contributed by atoms with Crippen molar-refractivity contribution in [3.05, 3.63) is 76.0 Å². The summed E-state index contributed by atoms with van der Waals surface area (Å²) in [6.45, 7) is 2.07. The molecule has 1 aliphatic rings. The van der Waals surface area contributed by atoms with Crippen molar-refractivity contribution in [1.82, 2.24) is 24.9 Å². The van der Waals surface area contributed by atoms with E-state index in [9.17, 15) is 4.79 Å². The lowest BCUT2D eigenvalue weighted by molar-refractivity contribution is 0.578. The summed E-state index contributed by atoms with van der Waals surface area (Å²) in [6.07, 6.45) is 6.23. The molecule has 0 bridgehead atoms. The van der Waals surface area contributed by atoms with Crippen LogP contribution in [0.25, 0.3) is 5.69 Å². The van der Waals surface area contributed by atoms with Crippen molar-refractivity contribution in [2.45, 2.75) is 19.5 Å². The van der Waals surface area contributed by atoms with Crippen molar-refractivity contribution in [1.29, 1.82) is 0 Å². The van der Waals surface area contributed by atoms with Crippen molar-refractivity contribution in [2.75, 3.05) is 6.54 Å². The van der Waals surface area contributed by atoms with Gasteiger partial charge in [0.25, 0.3) is 5.56 Å². The fraction of sp³-hybridized carbons (Fsp3) is 0.235. The number of nitrogens with one attached hydrogen (secondary N) is 1. The molecular weight excluding hydrogens is 290 g/mol. The first-order valence-corrected chi connectivity index (χ1v) is 7.69. The van der Waals surface area contributed by atoms with E-state index in [0.717, 1.165) is 41.9 Å². The van der Waals surface area contributed by atoms with E-state index >= 15 is 0 Å². The molecule has 0 amide bonds. The average molecular weight is 307 g/mol. The van der Waals surface area contributed by atoms with E-state index in [0.29, 0.717) is 6.54 Å². The van der Waals surface area contributed by atoms with Crippen LogP contribution in [-0.4, -0.2) is 26.1 Å². The lowest BCUT2D eigenvalue weighted by atomic mass is 10.1. The summed E-state index contributed by atoms with van der Waals surface area (Å²) in [4.78, 5) is 12.5. The molecule has 0 spiro atoms. The maximum Gasteiger partial charge on any atom is 0.270 e. The van der Waals surface area contributed by atoms with Crippen molar-refractivity contribution < 1.29 is 0 Å². The average Bonchev–Trinajstić information content (AvgIpc) is 3.13. The van der Waals surface area contributed by atoms with Crippen molar-refractivity contribution in [3.8, 4) is 5.69 Å². The van der Waals surface area contributed by atoms with Crippen LogP contribution in [0.1, 0.15) is 16.7 Å². The highest BCUT2D eigenvalue weighted by molar-refractivity contribution is 5.34. The van der Waals surface area contributed by atoms with Gasteiger partial charge in [-0.3, -0.25) is 4.79 Å². The third-order valence-electron chi connectivity index (χ3n) is 4.14.